The number of nitrogens with one attached hydrogen (secondary N) is 1. The quantitative estimate of drug-likeness (QED) is 0.0681. The minimum atomic E-state index is -0.527. The number of esters is 1. The molecule has 3 heterocycles. The fourth-order valence-corrected chi connectivity index (χ4v) is 8.00. The number of aromatic amines is 1. The van der Waals surface area contributed by atoms with Crippen molar-refractivity contribution in [3.05, 3.63) is 114 Å². The summed E-state index contributed by atoms with van der Waals surface area (Å²) in [5, 5.41) is 17.5. The minimum absolute atomic E-state index is 0. The standard InChI is InChI=1S/C50H59N5O7.H2/c1-6-59-48(57)47-40(21-15-33-60-44-23-13-17-35-16-10-11-18-38(35)44)39-19-14-20-41(46(39)51-47)45-42(52-53(5)43(45)22-9-7-8-12-32-56)34-61-37-26-24-36(25-27-37)54-28-30-55(31-29-54)49(58)62-50(2,3)4;/h9-11,13-14,16-20,22-27,51,56H,6-8,12,15,21,28-34H2,1-5H3;1H. The number of unbranched alkanes of at least 4 members (excludes halogenated alkanes) is 2. The number of anilines is 1. The van der Waals surface area contributed by atoms with Gasteiger partial charge in [0, 0.05) is 68.8 Å². The summed E-state index contributed by atoms with van der Waals surface area (Å²) >= 11 is 0. The van der Waals surface area contributed by atoms with Crippen LogP contribution in [0.2, 0.25) is 0 Å². The molecule has 0 unspecified atom stereocenters. The van der Waals surface area contributed by atoms with Crippen molar-refractivity contribution in [3.63, 3.8) is 0 Å². The number of aliphatic hydroxyl groups is 1. The van der Waals surface area contributed by atoms with Crippen molar-refractivity contribution in [3.8, 4) is 22.6 Å². The Morgan fingerprint density at radius 3 is 2.39 bits per heavy atom. The Balaban J connectivity index is 0.00000661. The summed E-state index contributed by atoms with van der Waals surface area (Å²) in [6.07, 6.45) is 7.61. The van der Waals surface area contributed by atoms with Crippen molar-refractivity contribution in [1.29, 1.82) is 0 Å². The molecule has 1 aliphatic heterocycles. The van der Waals surface area contributed by atoms with E-state index in [9.17, 15) is 14.7 Å². The van der Waals surface area contributed by atoms with Gasteiger partial charge in [-0.05, 0) is 107 Å². The van der Waals surface area contributed by atoms with Gasteiger partial charge in [0.25, 0.3) is 0 Å². The van der Waals surface area contributed by atoms with Crippen molar-refractivity contribution < 1.29 is 35.1 Å². The molecule has 0 bridgehead atoms. The van der Waals surface area contributed by atoms with Gasteiger partial charge in [-0.2, -0.15) is 5.10 Å². The van der Waals surface area contributed by atoms with Crippen LogP contribution >= 0.6 is 0 Å². The lowest BCUT2D eigenvalue weighted by molar-refractivity contribution is 0.0240. The van der Waals surface area contributed by atoms with Gasteiger partial charge in [0.1, 0.15) is 35.1 Å². The number of aryl methyl sites for hydroxylation is 2. The summed E-state index contributed by atoms with van der Waals surface area (Å²) in [5.74, 6) is 1.14. The van der Waals surface area contributed by atoms with E-state index in [0.717, 1.165) is 80.5 Å². The molecular formula is C50H61N5O7. The number of para-hydroxylation sites is 1. The number of ether oxygens (including phenoxy) is 4. The molecule has 1 amide bonds. The molecule has 4 aromatic carbocycles. The number of aliphatic hydroxyl groups excluding tert-OH is 1. The van der Waals surface area contributed by atoms with Gasteiger partial charge >= 0.3 is 12.1 Å². The van der Waals surface area contributed by atoms with Gasteiger partial charge < -0.3 is 38.8 Å². The second-order valence-electron chi connectivity index (χ2n) is 16.5. The van der Waals surface area contributed by atoms with E-state index >= 15 is 0 Å². The SMILES string of the molecule is CCOC(=O)c1[nH]c2c(-c3c(COc4ccc(N5CCN(C(=O)OC(C)(C)C)CC5)cc4)nn(C)c3C=CCCCCO)cccc2c1CCCOc1cccc2ccccc12.[HH]. The van der Waals surface area contributed by atoms with Crippen LogP contribution in [0.1, 0.15) is 82.2 Å². The maximum Gasteiger partial charge on any atom is 0.410 e. The number of hydrogen-bond acceptors (Lipinski definition) is 9. The summed E-state index contributed by atoms with van der Waals surface area (Å²) in [4.78, 5) is 33.7. The molecule has 12 nitrogen and oxygen atoms in total. The fourth-order valence-electron chi connectivity index (χ4n) is 8.00. The van der Waals surface area contributed by atoms with Gasteiger partial charge in [0.05, 0.1) is 24.4 Å². The molecule has 6 aromatic rings. The van der Waals surface area contributed by atoms with Crippen molar-refractivity contribution >= 4 is 45.5 Å². The molecule has 0 saturated carbocycles. The molecule has 0 atom stereocenters. The first kappa shape index (κ1) is 43.8. The molecule has 62 heavy (non-hydrogen) atoms. The number of H-pyrrole nitrogens is 1. The van der Waals surface area contributed by atoms with E-state index < -0.39 is 11.6 Å². The lowest BCUT2D eigenvalue weighted by Crippen LogP contribution is -2.50. The monoisotopic (exact) mass is 843 g/mol. The number of benzene rings is 4. The molecule has 0 radical (unpaired) electrons. The number of allylic oxidation sites excluding steroid dienone is 1. The van der Waals surface area contributed by atoms with Crippen LogP contribution in [0.3, 0.4) is 0 Å². The number of aromatic nitrogens is 3. The minimum Gasteiger partial charge on any atom is -0.493 e. The van der Waals surface area contributed by atoms with Crippen LogP contribution in [0.15, 0.2) is 91.0 Å². The molecule has 0 aliphatic carbocycles. The highest BCUT2D eigenvalue weighted by Gasteiger charge is 2.27. The first-order chi connectivity index (χ1) is 30.0. The molecule has 2 aromatic heterocycles. The van der Waals surface area contributed by atoms with Crippen LogP contribution in [0, 0.1) is 0 Å². The van der Waals surface area contributed by atoms with Crippen LogP contribution in [-0.2, 0) is 29.5 Å². The van der Waals surface area contributed by atoms with E-state index in [0.29, 0.717) is 57.1 Å². The number of rotatable bonds is 17. The van der Waals surface area contributed by atoms with E-state index in [2.05, 4.69) is 52.4 Å². The average molecular weight is 844 g/mol. The predicted molar refractivity (Wildman–Crippen MR) is 247 cm³/mol. The van der Waals surface area contributed by atoms with Gasteiger partial charge in [-0.3, -0.25) is 4.68 Å². The third-order valence-electron chi connectivity index (χ3n) is 11.0. The second-order valence-corrected chi connectivity index (χ2v) is 16.5. The number of carbonyl (C=O) groups excluding carboxylic acids is 2. The molecule has 0 spiro atoms. The third kappa shape index (κ3) is 10.4. The van der Waals surface area contributed by atoms with Crippen LogP contribution < -0.4 is 14.4 Å². The van der Waals surface area contributed by atoms with Crippen LogP contribution in [0.5, 0.6) is 11.5 Å². The average Bonchev–Trinajstić information content (AvgIpc) is 3.80. The summed E-state index contributed by atoms with van der Waals surface area (Å²) in [7, 11) is 1.93. The van der Waals surface area contributed by atoms with Gasteiger partial charge in [0.15, 0.2) is 0 Å². The Hall–Kier alpha value is -6.27. The van der Waals surface area contributed by atoms with Crippen molar-refractivity contribution in [1.82, 2.24) is 19.7 Å². The Morgan fingerprint density at radius 2 is 1.63 bits per heavy atom. The summed E-state index contributed by atoms with van der Waals surface area (Å²) < 4.78 is 25.8. The van der Waals surface area contributed by atoms with E-state index in [4.69, 9.17) is 24.0 Å². The number of amides is 1. The lowest BCUT2D eigenvalue weighted by Gasteiger charge is -2.36. The van der Waals surface area contributed by atoms with Gasteiger partial charge in [-0.15, -0.1) is 0 Å². The molecule has 1 saturated heterocycles. The number of nitrogens with zero attached hydrogens (tertiary/aromatic N) is 4. The van der Waals surface area contributed by atoms with Gasteiger partial charge in [0.2, 0.25) is 0 Å². The Kier molecular flexibility index (Phi) is 14.2. The van der Waals surface area contributed by atoms with Crippen molar-refractivity contribution in [2.75, 3.05) is 50.9 Å². The van der Waals surface area contributed by atoms with Gasteiger partial charge in [-0.1, -0.05) is 60.7 Å². The zero-order valence-corrected chi connectivity index (χ0v) is 36.6. The summed E-state index contributed by atoms with van der Waals surface area (Å²) in [6.45, 7) is 11.1. The van der Waals surface area contributed by atoms with E-state index in [1.165, 1.54) is 0 Å². The molecule has 1 fully saturated rings. The highest BCUT2D eigenvalue weighted by atomic mass is 16.6. The topological polar surface area (TPSA) is 131 Å². The molecular weight excluding hydrogens is 783 g/mol. The van der Waals surface area contributed by atoms with E-state index in [-0.39, 0.29) is 27.3 Å². The Bertz CT molecular complexity index is 2490. The highest BCUT2D eigenvalue weighted by Crippen LogP contribution is 2.38. The molecule has 7 rings (SSSR count). The zero-order valence-electron chi connectivity index (χ0n) is 36.6. The predicted octanol–water partition coefficient (Wildman–Crippen LogP) is 9.97. The van der Waals surface area contributed by atoms with Gasteiger partial charge in [-0.25, -0.2) is 9.59 Å². The number of carbonyl (C=O) groups is 2. The maximum atomic E-state index is 13.5. The second kappa shape index (κ2) is 20.1. The van der Waals surface area contributed by atoms with E-state index in [1.54, 1.807) is 4.90 Å². The molecule has 2 N–H and O–H groups in total. The first-order valence-electron chi connectivity index (χ1n) is 21.7. The van der Waals surface area contributed by atoms with Crippen LogP contribution in [-0.4, -0.2) is 88.4 Å². The zero-order chi connectivity index (χ0) is 43.6. The normalized spacial score (nSPS) is 13.3. The molecule has 1 aliphatic rings. The number of hydrogen-bond donors (Lipinski definition) is 2. The Labute approximate surface area is 365 Å². The molecule has 12 heteroatoms. The number of fused-ring (bicyclic) bond motifs is 2. The lowest BCUT2D eigenvalue weighted by atomic mass is 9.97. The molecule has 328 valence electrons. The first-order valence-corrected chi connectivity index (χ1v) is 21.7. The Morgan fingerprint density at radius 1 is 0.887 bits per heavy atom. The number of piperazine rings is 1. The van der Waals surface area contributed by atoms with Crippen LogP contribution in [0.4, 0.5) is 10.5 Å². The highest BCUT2D eigenvalue weighted by molar-refractivity contribution is 6.04. The maximum absolute atomic E-state index is 13.5. The van der Waals surface area contributed by atoms with Crippen LogP contribution in [0.25, 0.3) is 38.9 Å². The summed E-state index contributed by atoms with van der Waals surface area (Å²) in [6, 6.07) is 28.4. The van der Waals surface area contributed by atoms with E-state index in [1.807, 2.05) is 94.0 Å². The van der Waals surface area contributed by atoms with Crippen molar-refractivity contribution in [2.45, 2.75) is 72.0 Å². The largest absolute Gasteiger partial charge is 0.493 e. The van der Waals surface area contributed by atoms with Crippen molar-refractivity contribution in [2.24, 2.45) is 7.05 Å². The smallest absolute Gasteiger partial charge is 0.410 e. The summed E-state index contributed by atoms with van der Waals surface area (Å²) in [5.41, 5.74) is 6.12. The fraction of sp³-hybridized carbons (Fsp3) is 0.380. The third-order valence-corrected chi connectivity index (χ3v) is 11.0.